The zero-order chi connectivity index (χ0) is 17.0. The third-order valence-electron chi connectivity index (χ3n) is 3.11. The van der Waals surface area contributed by atoms with Gasteiger partial charge in [0, 0.05) is 12.6 Å². The molecule has 0 fully saturated rings. The van der Waals surface area contributed by atoms with Gasteiger partial charge in [0.25, 0.3) is 0 Å². The van der Waals surface area contributed by atoms with Gasteiger partial charge in [-0.25, -0.2) is 17.5 Å². The first-order valence-electron chi connectivity index (χ1n) is 6.53. The first-order valence-corrected chi connectivity index (χ1v) is 8.80. The third-order valence-corrected chi connectivity index (χ3v) is 5.14. The van der Waals surface area contributed by atoms with Crippen LogP contribution in [0.25, 0.3) is 0 Å². The second-order valence-electron chi connectivity index (χ2n) is 4.59. The van der Waals surface area contributed by atoms with Crippen molar-refractivity contribution in [2.45, 2.75) is 11.4 Å². The quantitative estimate of drug-likeness (QED) is 0.804. The Morgan fingerprint density at radius 3 is 2.48 bits per heavy atom. The molecular weight excluding hydrogens is 389 g/mol. The van der Waals surface area contributed by atoms with E-state index < -0.39 is 15.8 Å². The highest BCUT2D eigenvalue weighted by atomic mass is 79.9. The molecule has 0 aliphatic rings. The Kier molecular flexibility index (Phi) is 5.61. The summed E-state index contributed by atoms with van der Waals surface area (Å²) < 4.78 is 51.0. The zero-order valence-corrected chi connectivity index (χ0v) is 14.9. The summed E-state index contributed by atoms with van der Waals surface area (Å²) in [5, 5.41) is 0. The molecule has 2 aromatic rings. The lowest BCUT2D eigenvalue weighted by molar-refractivity contribution is 0.392. The molecule has 0 spiro atoms. The maximum absolute atomic E-state index is 13.2. The fraction of sp³-hybridized carbons (Fsp3) is 0.200. The van der Waals surface area contributed by atoms with E-state index in [2.05, 4.69) is 20.7 Å². The van der Waals surface area contributed by atoms with Gasteiger partial charge in [0.2, 0.25) is 10.0 Å². The molecule has 23 heavy (non-hydrogen) atoms. The summed E-state index contributed by atoms with van der Waals surface area (Å²) in [7, 11) is -0.988. The standard InChI is InChI=1S/C15H15BrFNO4S/c1-21-11-4-6-14(22-2)15(8-11)23(19,20)18-9-10-3-5-13(17)12(16)7-10/h3-8,18H,9H2,1-2H3. The molecule has 0 aliphatic heterocycles. The first-order chi connectivity index (χ1) is 10.9. The molecule has 2 rings (SSSR count). The van der Waals surface area contributed by atoms with Crippen LogP contribution in [0, 0.1) is 5.82 Å². The van der Waals surface area contributed by atoms with Crippen LogP contribution in [0.15, 0.2) is 45.8 Å². The van der Waals surface area contributed by atoms with Gasteiger partial charge >= 0.3 is 0 Å². The van der Waals surface area contributed by atoms with E-state index in [9.17, 15) is 12.8 Å². The number of benzene rings is 2. The lowest BCUT2D eigenvalue weighted by Crippen LogP contribution is -2.23. The Morgan fingerprint density at radius 1 is 1.13 bits per heavy atom. The molecular formula is C15H15BrFNO4S. The monoisotopic (exact) mass is 403 g/mol. The topological polar surface area (TPSA) is 64.6 Å². The molecule has 0 aliphatic carbocycles. The molecule has 0 unspecified atom stereocenters. The average Bonchev–Trinajstić information content (AvgIpc) is 2.55. The number of rotatable bonds is 6. The molecule has 0 heterocycles. The lowest BCUT2D eigenvalue weighted by Gasteiger charge is -2.12. The van der Waals surface area contributed by atoms with Gasteiger partial charge in [-0.2, -0.15) is 0 Å². The molecule has 0 saturated heterocycles. The van der Waals surface area contributed by atoms with Crippen molar-refractivity contribution in [2.24, 2.45) is 0 Å². The summed E-state index contributed by atoms with van der Waals surface area (Å²) in [4.78, 5) is -0.0273. The summed E-state index contributed by atoms with van der Waals surface area (Å²) in [6.07, 6.45) is 0. The molecule has 8 heteroatoms. The third kappa shape index (κ3) is 4.21. The van der Waals surface area contributed by atoms with E-state index in [1.54, 1.807) is 6.07 Å². The fourth-order valence-electron chi connectivity index (χ4n) is 1.90. The smallest absolute Gasteiger partial charge is 0.244 e. The van der Waals surface area contributed by atoms with Crippen LogP contribution < -0.4 is 14.2 Å². The van der Waals surface area contributed by atoms with Crippen molar-refractivity contribution < 1.29 is 22.3 Å². The van der Waals surface area contributed by atoms with Gasteiger partial charge in [-0.3, -0.25) is 0 Å². The van der Waals surface area contributed by atoms with Gasteiger partial charge in [-0.1, -0.05) is 6.07 Å². The van der Waals surface area contributed by atoms with Crippen LogP contribution in [0.3, 0.4) is 0 Å². The van der Waals surface area contributed by atoms with Crippen molar-refractivity contribution in [2.75, 3.05) is 14.2 Å². The van der Waals surface area contributed by atoms with E-state index >= 15 is 0 Å². The van der Waals surface area contributed by atoms with Crippen molar-refractivity contribution in [3.8, 4) is 11.5 Å². The number of hydrogen-bond donors (Lipinski definition) is 1. The number of methoxy groups -OCH3 is 2. The normalized spacial score (nSPS) is 11.3. The van der Waals surface area contributed by atoms with E-state index in [0.717, 1.165) is 0 Å². The van der Waals surface area contributed by atoms with Gasteiger partial charge in [-0.15, -0.1) is 0 Å². The predicted octanol–water partition coefficient (Wildman–Crippen LogP) is 3.08. The van der Waals surface area contributed by atoms with Crippen LogP contribution in [-0.2, 0) is 16.6 Å². The molecule has 0 bridgehead atoms. The Morgan fingerprint density at radius 2 is 1.87 bits per heavy atom. The van der Waals surface area contributed by atoms with Gasteiger partial charge in [0.05, 0.1) is 18.7 Å². The second-order valence-corrected chi connectivity index (χ2v) is 7.18. The summed E-state index contributed by atoms with van der Waals surface area (Å²) in [6.45, 7) is 0.0155. The molecule has 0 aromatic heterocycles. The van der Waals surface area contributed by atoms with Crippen LogP contribution in [0.5, 0.6) is 11.5 Å². The minimum Gasteiger partial charge on any atom is -0.497 e. The maximum Gasteiger partial charge on any atom is 0.244 e. The average molecular weight is 404 g/mol. The Bertz CT molecular complexity index is 811. The van der Waals surface area contributed by atoms with Gasteiger partial charge in [-0.05, 0) is 45.8 Å². The second kappa shape index (κ2) is 7.29. The van der Waals surface area contributed by atoms with E-state index in [4.69, 9.17) is 9.47 Å². The summed E-state index contributed by atoms with van der Waals surface area (Å²) >= 11 is 3.06. The maximum atomic E-state index is 13.2. The molecule has 1 N–H and O–H groups in total. The van der Waals surface area contributed by atoms with Crippen molar-refractivity contribution in [1.29, 1.82) is 0 Å². The van der Waals surface area contributed by atoms with Crippen LogP contribution in [-0.4, -0.2) is 22.6 Å². The Balaban J connectivity index is 2.26. The minimum absolute atomic E-state index is 0.0155. The zero-order valence-electron chi connectivity index (χ0n) is 12.5. The molecule has 2 aromatic carbocycles. The number of ether oxygens (including phenoxy) is 2. The highest BCUT2D eigenvalue weighted by molar-refractivity contribution is 9.10. The molecule has 0 amide bonds. The fourth-order valence-corrected chi connectivity index (χ4v) is 3.53. The summed E-state index contributed by atoms with van der Waals surface area (Å²) in [5.41, 5.74) is 0.615. The summed E-state index contributed by atoms with van der Waals surface area (Å²) in [5.74, 6) is 0.195. The number of hydrogen-bond acceptors (Lipinski definition) is 4. The lowest BCUT2D eigenvalue weighted by atomic mass is 10.2. The van der Waals surface area contributed by atoms with Crippen molar-refractivity contribution >= 4 is 26.0 Å². The van der Waals surface area contributed by atoms with E-state index in [1.807, 2.05) is 0 Å². The van der Waals surface area contributed by atoms with Gasteiger partial charge < -0.3 is 9.47 Å². The van der Waals surface area contributed by atoms with Crippen LogP contribution in [0.4, 0.5) is 4.39 Å². The summed E-state index contributed by atoms with van der Waals surface area (Å²) in [6, 6.07) is 8.78. The van der Waals surface area contributed by atoms with E-state index in [-0.39, 0.29) is 21.7 Å². The Labute approximate surface area is 142 Å². The number of halogens is 2. The van der Waals surface area contributed by atoms with Gasteiger partial charge in [0.15, 0.2) is 0 Å². The molecule has 0 radical (unpaired) electrons. The SMILES string of the molecule is COc1ccc(OC)c(S(=O)(=O)NCc2ccc(F)c(Br)c2)c1. The molecule has 0 atom stereocenters. The highest BCUT2D eigenvalue weighted by Crippen LogP contribution is 2.28. The molecule has 0 saturated carbocycles. The minimum atomic E-state index is -3.82. The van der Waals surface area contributed by atoms with E-state index in [0.29, 0.717) is 11.3 Å². The van der Waals surface area contributed by atoms with Crippen molar-refractivity contribution in [1.82, 2.24) is 4.72 Å². The van der Waals surface area contributed by atoms with Crippen LogP contribution in [0.2, 0.25) is 0 Å². The molecule has 124 valence electrons. The van der Waals surface area contributed by atoms with Crippen LogP contribution in [0.1, 0.15) is 5.56 Å². The number of nitrogens with one attached hydrogen (secondary N) is 1. The van der Waals surface area contributed by atoms with Crippen molar-refractivity contribution in [3.63, 3.8) is 0 Å². The number of sulfonamides is 1. The highest BCUT2D eigenvalue weighted by Gasteiger charge is 2.20. The Hall–Kier alpha value is -1.64. The predicted molar refractivity (Wildman–Crippen MR) is 87.7 cm³/mol. The van der Waals surface area contributed by atoms with Gasteiger partial charge in [0.1, 0.15) is 22.2 Å². The van der Waals surface area contributed by atoms with E-state index in [1.165, 1.54) is 44.6 Å². The van der Waals surface area contributed by atoms with Crippen LogP contribution >= 0.6 is 15.9 Å². The largest absolute Gasteiger partial charge is 0.497 e. The van der Waals surface area contributed by atoms with Crippen molar-refractivity contribution in [3.05, 3.63) is 52.3 Å². The molecule has 5 nitrogen and oxygen atoms in total. The first kappa shape index (κ1) is 17.7.